The number of halogens is 1. The fourth-order valence-corrected chi connectivity index (χ4v) is 4.88. The highest BCUT2D eigenvalue weighted by molar-refractivity contribution is 7.15. The zero-order valence-corrected chi connectivity index (χ0v) is 20.8. The van der Waals surface area contributed by atoms with Crippen LogP contribution in [0.3, 0.4) is 0 Å². The highest BCUT2D eigenvalue weighted by atomic mass is 32.1. The number of rotatable bonds is 6. The predicted molar refractivity (Wildman–Crippen MR) is 147 cm³/mol. The zero-order chi connectivity index (χ0) is 26.9. The van der Waals surface area contributed by atoms with Gasteiger partial charge in [0.2, 0.25) is 4.96 Å². The number of nitro benzene ring substituents is 1. The van der Waals surface area contributed by atoms with Crippen molar-refractivity contribution in [3.8, 4) is 16.9 Å². The Kier molecular flexibility index (Phi) is 6.10. The van der Waals surface area contributed by atoms with Crippen molar-refractivity contribution in [2.45, 2.75) is 0 Å². The topological polar surface area (TPSA) is 108 Å². The van der Waals surface area contributed by atoms with Gasteiger partial charge in [0.05, 0.1) is 20.8 Å². The normalized spacial score (nSPS) is 12.1. The summed E-state index contributed by atoms with van der Waals surface area (Å²) in [5, 5.41) is 20.1. The van der Waals surface area contributed by atoms with E-state index in [0.717, 1.165) is 11.1 Å². The Hall–Kier alpha value is -5.29. The largest absolute Gasteiger partial charge is 0.291 e. The first-order valence-electron chi connectivity index (χ1n) is 11.7. The lowest BCUT2D eigenvalue weighted by Gasteiger charge is -2.00. The molecule has 11 heteroatoms. The highest BCUT2D eigenvalue weighted by Crippen LogP contribution is 2.25. The van der Waals surface area contributed by atoms with E-state index in [-0.39, 0.29) is 17.1 Å². The monoisotopic (exact) mass is 536 g/mol. The number of nitrogens with zero attached hydrogens (tertiary/aromatic N) is 6. The highest BCUT2D eigenvalue weighted by Gasteiger charge is 2.14. The van der Waals surface area contributed by atoms with Crippen molar-refractivity contribution < 1.29 is 9.31 Å². The fourth-order valence-electron chi connectivity index (χ4n) is 3.98. The zero-order valence-electron chi connectivity index (χ0n) is 20.0. The van der Waals surface area contributed by atoms with E-state index in [1.54, 1.807) is 53.4 Å². The minimum atomic E-state index is -0.456. The van der Waals surface area contributed by atoms with Crippen molar-refractivity contribution in [1.82, 2.24) is 24.4 Å². The molecule has 0 saturated heterocycles. The number of hydrogen-bond donors (Lipinski definition) is 0. The predicted octanol–water partition coefficient (Wildman–Crippen LogP) is 4.77. The molecular formula is C28H17FN6O3S. The Balaban J connectivity index is 1.39. The average Bonchev–Trinajstić information content (AvgIpc) is 3.64. The molecule has 0 unspecified atom stereocenters. The summed E-state index contributed by atoms with van der Waals surface area (Å²) < 4.78 is 16.4. The lowest BCUT2D eigenvalue weighted by atomic mass is 10.1. The number of nitro groups is 1. The van der Waals surface area contributed by atoms with E-state index < -0.39 is 4.92 Å². The molecule has 0 bridgehead atoms. The van der Waals surface area contributed by atoms with Crippen molar-refractivity contribution >= 4 is 40.2 Å². The second kappa shape index (κ2) is 9.88. The number of non-ortho nitro benzene ring substituents is 1. The summed E-state index contributed by atoms with van der Waals surface area (Å²) in [7, 11) is 0. The summed E-state index contributed by atoms with van der Waals surface area (Å²) >= 11 is 1.20. The van der Waals surface area contributed by atoms with Gasteiger partial charge in [-0.1, -0.05) is 59.9 Å². The van der Waals surface area contributed by atoms with Crippen molar-refractivity contribution in [3.63, 3.8) is 0 Å². The smallest absolute Gasteiger partial charge is 0.266 e. The lowest BCUT2D eigenvalue weighted by molar-refractivity contribution is -0.384. The third-order valence-electron chi connectivity index (χ3n) is 5.89. The van der Waals surface area contributed by atoms with Crippen molar-refractivity contribution in [2.75, 3.05) is 0 Å². The van der Waals surface area contributed by atoms with Gasteiger partial charge >= 0.3 is 0 Å². The van der Waals surface area contributed by atoms with Crippen LogP contribution in [0.5, 0.6) is 0 Å². The van der Waals surface area contributed by atoms with Gasteiger partial charge in [-0.3, -0.25) is 14.9 Å². The molecule has 0 saturated carbocycles. The molecule has 0 spiro atoms. The number of benzene rings is 3. The minimum absolute atomic E-state index is 0.0155. The molecule has 9 nitrogen and oxygen atoms in total. The third kappa shape index (κ3) is 4.86. The summed E-state index contributed by atoms with van der Waals surface area (Å²) in [6, 6.07) is 21.6. The van der Waals surface area contributed by atoms with E-state index >= 15 is 0 Å². The maximum absolute atomic E-state index is 13.2. The Morgan fingerprint density at radius 1 is 0.923 bits per heavy atom. The third-order valence-corrected chi connectivity index (χ3v) is 6.85. The van der Waals surface area contributed by atoms with Gasteiger partial charge in [0.15, 0.2) is 5.82 Å². The molecule has 0 atom stereocenters. The number of hydrogen-bond acceptors (Lipinski definition) is 7. The van der Waals surface area contributed by atoms with Gasteiger partial charge in [0.1, 0.15) is 5.82 Å². The SMILES string of the molecule is O=c1/c(=C/c2cn(-c3ccc([N+](=O)[O-])cc3)nc2-c2ccccc2)sc2nc(/C=C/c3ccc(F)cc3)nn12. The molecule has 3 aromatic carbocycles. The standard InChI is InChI=1S/C28H17FN6O3S/c29-21-9-6-18(7-10-21)8-15-25-30-28-34(31-25)27(36)24(39-28)16-20-17-33(22-11-13-23(14-12-22)35(37)38)32-26(20)19-4-2-1-3-5-19/h1-17H/b15-8+,24-16-. The fraction of sp³-hybridized carbons (Fsp3) is 0. The summed E-state index contributed by atoms with van der Waals surface area (Å²) in [6.45, 7) is 0. The van der Waals surface area contributed by atoms with E-state index in [9.17, 15) is 19.3 Å². The van der Waals surface area contributed by atoms with E-state index in [4.69, 9.17) is 5.10 Å². The first-order valence-corrected chi connectivity index (χ1v) is 12.5. The maximum Gasteiger partial charge on any atom is 0.291 e. The van der Waals surface area contributed by atoms with Gasteiger partial charge in [0.25, 0.3) is 11.2 Å². The molecule has 39 heavy (non-hydrogen) atoms. The Morgan fingerprint density at radius 3 is 2.36 bits per heavy atom. The quantitative estimate of drug-likeness (QED) is 0.224. The molecule has 0 radical (unpaired) electrons. The van der Waals surface area contributed by atoms with Crippen LogP contribution in [0.25, 0.3) is 40.1 Å². The Labute approximate surface area is 223 Å². The molecule has 6 aromatic rings. The second-order valence-electron chi connectivity index (χ2n) is 8.48. The summed E-state index contributed by atoms with van der Waals surface area (Å²) in [5.74, 6) is 0.0476. The lowest BCUT2D eigenvalue weighted by Crippen LogP contribution is -2.23. The number of fused-ring (bicyclic) bond motifs is 1. The van der Waals surface area contributed by atoms with Crippen molar-refractivity contribution in [1.29, 1.82) is 0 Å². The molecule has 3 heterocycles. The van der Waals surface area contributed by atoms with Crippen LogP contribution in [-0.2, 0) is 0 Å². The van der Waals surface area contributed by atoms with E-state index in [2.05, 4.69) is 10.1 Å². The van der Waals surface area contributed by atoms with Crippen LogP contribution in [0.15, 0.2) is 89.9 Å². The first-order chi connectivity index (χ1) is 18.9. The first kappa shape index (κ1) is 24.1. The van der Waals surface area contributed by atoms with Crippen LogP contribution in [0.1, 0.15) is 17.0 Å². The minimum Gasteiger partial charge on any atom is -0.266 e. The number of aromatic nitrogens is 5. The van der Waals surface area contributed by atoms with E-state index in [0.29, 0.717) is 32.3 Å². The maximum atomic E-state index is 13.2. The summed E-state index contributed by atoms with van der Waals surface area (Å²) in [6.07, 6.45) is 6.93. The van der Waals surface area contributed by atoms with Crippen LogP contribution in [-0.4, -0.2) is 29.3 Å². The molecule has 0 N–H and O–H groups in total. The van der Waals surface area contributed by atoms with E-state index in [1.165, 1.54) is 40.1 Å². The average molecular weight is 537 g/mol. The molecule has 190 valence electrons. The summed E-state index contributed by atoms with van der Waals surface area (Å²) in [4.78, 5) is 28.6. The number of thiazole rings is 1. The second-order valence-corrected chi connectivity index (χ2v) is 9.49. The molecule has 0 aliphatic heterocycles. The molecule has 3 aromatic heterocycles. The van der Waals surface area contributed by atoms with Gasteiger partial charge in [-0.25, -0.2) is 9.07 Å². The van der Waals surface area contributed by atoms with Gasteiger partial charge in [0, 0.05) is 29.5 Å². The van der Waals surface area contributed by atoms with Crippen LogP contribution in [0, 0.1) is 15.9 Å². The van der Waals surface area contributed by atoms with Crippen LogP contribution < -0.4 is 10.1 Å². The van der Waals surface area contributed by atoms with Crippen LogP contribution >= 0.6 is 11.3 Å². The van der Waals surface area contributed by atoms with E-state index in [1.807, 2.05) is 30.3 Å². The molecule has 0 aliphatic rings. The van der Waals surface area contributed by atoms with Gasteiger partial charge < -0.3 is 0 Å². The van der Waals surface area contributed by atoms with Crippen molar-refractivity contribution in [2.24, 2.45) is 0 Å². The van der Waals surface area contributed by atoms with Crippen LogP contribution in [0.4, 0.5) is 10.1 Å². The molecule has 0 fully saturated rings. The Bertz CT molecular complexity index is 1960. The van der Waals surface area contributed by atoms with Gasteiger partial charge in [-0.05, 0) is 42.0 Å². The van der Waals surface area contributed by atoms with Gasteiger partial charge in [-0.15, -0.1) is 5.10 Å². The van der Waals surface area contributed by atoms with Crippen molar-refractivity contribution in [3.05, 3.63) is 133 Å². The molecule has 6 rings (SSSR count). The molecular weight excluding hydrogens is 519 g/mol. The van der Waals surface area contributed by atoms with Gasteiger partial charge in [-0.2, -0.15) is 14.6 Å². The van der Waals surface area contributed by atoms with Crippen LogP contribution in [0.2, 0.25) is 0 Å². The molecule has 0 amide bonds. The summed E-state index contributed by atoms with van der Waals surface area (Å²) in [5.41, 5.74) is 3.28. The Morgan fingerprint density at radius 2 is 1.67 bits per heavy atom. The molecule has 0 aliphatic carbocycles.